The molecule has 1 aliphatic carbocycles. The summed E-state index contributed by atoms with van der Waals surface area (Å²) in [5.74, 6) is 1.53. The van der Waals surface area contributed by atoms with Crippen molar-refractivity contribution < 1.29 is 4.74 Å². The molecule has 0 amide bonds. The topological polar surface area (TPSA) is 46.2 Å². The number of hydrogen-bond donors (Lipinski definition) is 2. The summed E-state index contributed by atoms with van der Waals surface area (Å²) in [6.07, 6.45) is 3.82. The first-order chi connectivity index (χ1) is 7.88. The number of ether oxygens (including phenoxy) is 1. The van der Waals surface area contributed by atoms with Gasteiger partial charge in [-0.05, 0) is 31.9 Å². The van der Waals surface area contributed by atoms with Gasteiger partial charge in [0, 0.05) is 18.7 Å². The third-order valence-electron chi connectivity index (χ3n) is 2.60. The van der Waals surface area contributed by atoms with Crippen molar-refractivity contribution in [1.82, 2.24) is 10.3 Å². The lowest BCUT2D eigenvalue weighted by Gasteiger charge is -2.07. The Labute approximate surface area is 96.4 Å². The molecule has 0 atom stereocenters. The molecule has 1 fully saturated rings. The second kappa shape index (κ2) is 5.70. The Hall–Kier alpha value is -1.29. The van der Waals surface area contributed by atoms with Gasteiger partial charge in [0.2, 0.25) is 5.88 Å². The Bertz CT molecular complexity index is 326. The fourth-order valence-corrected chi connectivity index (χ4v) is 1.53. The van der Waals surface area contributed by atoms with Crippen LogP contribution in [-0.2, 0) is 0 Å². The number of hydrogen-bond acceptors (Lipinski definition) is 4. The number of nitrogens with one attached hydrogen (secondary N) is 2. The summed E-state index contributed by atoms with van der Waals surface area (Å²) >= 11 is 0. The van der Waals surface area contributed by atoms with E-state index in [-0.39, 0.29) is 0 Å². The van der Waals surface area contributed by atoms with Crippen molar-refractivity contribution in [3.05, 3.63) is 18.2 Å². The van der Waals surface area contributed by atoms with Crippen LogP contribution in [0.25, 0.3) is 0 Å². The first-order valence-corrected chi connectivity index (χ1v) is 5.87. The van der Waals surface area contributed by atoms with Gasteiger partial charge in [0.15, 0.2) is 0 Å². The molecule has 16 heavy (non-hydrogen) atoms. The van der Waals surface area contributed by atoms with Crippen LogP contribution in [0.4, 0.5) is 5.82 Å². The summed E-state index contributed by atoms with van der Waals surface area (Å²) in [4.78, 5) is 4.28. The molecule has 0 bridgehead atoms. The summed E-state index contributed by atoms with van der Waals surface area (Å²) in [6.45, 7) is 2.03. The lowest BCUT2D eigenvalue weighted by Crippen LogP contribution is -2.20. The molecule has 1 saturated carbocycles. The standard InChI is InChI=1S/C12H19N3O/c1-16-12-5-2-4-11(15-12)14-9-3-8-13-10-6-7-10/h2,4-5,10,13H,3,6-9H2,1H3,(H,14,15). The minimum absolute atomic E-state index is 0.654. The third-order valence-corrected chi connectivity index (χ3v) is 2.60. The summed E-state index contributed by atoms with van der Waals surface area (Å²) in [6, 6.07) is 6.54. The highest BCUT2D eigenvalue weighted by molar-refractivity contribution is 5.36. The van der Waals surface area contributed by atoms with E-state index in [0.717, 1.165) is 31.4 Å². The minimum atomic E-state index is 0.654. The molecule has 0 aliphatic heterocycles. The Morgan fingerprint density at radius 2 is 2.25 bits per heavy atom. The van der Waals surface area contributed by atoms with Gasteiger partial charge in [0.05, 0.1) is 7.11 Å². The molecule has 4 heteroatoms. The van der Waals surface area contributed by atoms with E-state index >= 15 is 0 Å². The molecular weight excluding hydrogens is 202 g/mol. The van der Waals surface area contributed by atoms with Gasteiger partial charge in [-0.25, -0.2) is 0 Å². The van der Waals surface area contributed by atoms with Crippen molar-refractivity contribution in [3.63, 3.8) is 0 Å². The summed E-state index contributed by atoms with van der Waals surface area (Å²) < 4.78 is 5.06. The zero-order chi connectivity index (χ0) is 11.2. The maximum absolute atomic E-state index is 5.06. The van der Waals surface area contributed by atoms with Crippen molar-refractivity contribution in [1.29, 1.82) is 0 Å². The highest BCUT2D eigenvalue weighted by atomic mass is 16.5. The van der Waals surface area contributed by atoms with Crippen LogP contribution in [0.15, 0.2) is 18.2 Å². The molecule has 1 aromatic rings. The molecule has 0 unspecified atom stereocenters. The van der Waals surface area contributed by atoms with Gasteiger partial charge in [-0.1, -0.05) is 6.07 Å². The van der Waals surface area contributed by atoms with Gasteiger partial charge in [-0.2, -0.15) is 4.98 Å². The van der Waals surface area contributed by atoms with E-state index in [1.54, 1.807) is 7.11 Å². The quantitative estimate of drug-likeness (QED) is 0.687. The van der Waals surface area contributed by atoms with E-state index in [0.29, 0.717) is 5.88 Å². The van der Waals surface area contributed by atoms with E-state index in [9.17, 15) is 0 Å². The van der Waals surface area contributed by atoms with E-state index in [4.69, 9.17) is 4.74 Å². The van der Waals surface area contributed by atoms with Crippen molar-refractivity contribution in [2.75, 3.05) is 25.5 Å². The minimum Gasteiger partial charge on any atom is -0.481 e. The van der Waals surface area contributed by atoms with Gasteiger partial charge in [-0.3, -0.25) is 0 Å². The fourth-order valence-electron chi connectivity index (χ4n) is 1.53. The summed E-state index contributed by atoms with van der Waals surface area (Å²) in [5.41, 5.74) is 0. The molecule has 4 nitrogen and oxygen atoms in total. The van der Waals surface area contributed by atoms with Crippen LogP contribution >= 0.6 is 0 Å². The average Bonchev–Trinajstić information content (AvgIpc) is 3.13. The van der Waals surface area contributed by atoms with Crippen LogP contribution in [0.1, 0.15) is 19.3 Å². The smallest absolute Gasteiger partial charge is 0.214 e. The first kappa shape index (κ1) is 11.2. The Balaban J connectivity index is 1.63. The van der Waals surface area contributed by atoms with Crippen LogP contribution < -0.4 is 15.4 Å². The van der Waals surface area contributed by atoms with E-state index in [1.807, 2.05) is 18.2 Å². The molecule has 0 saturated heterocycles. The van der Waals surface area contributed by atoms with Crippen LogP contribution in [0, 0.1) is 0 Å². The molecule has 0 radical (unpaired) electrons. The molecule has 1 aromatic heterocycles. The van der Waals surface area contributed by atoms with E-state index in [2.05, 4.69) is 15.6 Å². The Morgan fingerprint density at radius 1 is 1.38 bits per heavy atom. The van der Waals surface area contributed by atoms with Crippen LogP contribution in [0.2, 0.25) is 0 Å². The number of aromatic nitrogens is 1. The van der Waals surface area contributed by atoms with Gasteiger partial charge in [0.25, 0.3) is 0 Å². The normalized spacial score (nSPS) is 14.8. The highest BCUT2D eigenvalue weighted by Crippen LogP contribution is 2.18. The maximum Gasteiger partial charge on any atom is 0.214 e. The lowest BCUT2D eigenvalue weighted by atomic mass is 10.4. The van der Waals surface area contributed by atoms with Gasteiger partial charge in [-0.15, -0.1) is 0 Å². The van der Waals surface area contributed by atoms with Crippen molar-refractivity contribution in [2.45, 2.75) is 25.3 Å². The lowest BCUT2D eigenvalue weighted by molar-refractivity contribution is 0.398. The number of pyridine rings is 1. The second-order valence-corrected chi connectivity index (χ2v) is 4.07. The zero-order valence-electron chi connectivity index (χ0n) is 9.70. The maximum atomic E-state index is 5.06. The molecule has 2 rings (SSSR count). The van der Waals surface area contributed by atoms with Crippen molar-refractivity contribution >= 4 is 5.82 Å². The highest BCUT2D eigenvalue weighted by Gasteiger charge is 2.19. The predicted molar refractivity (Wildman–Crippen MR) is 64.9 cm³/mol. The zero-order valence-corrected chi connectivity index (χ0v) is 9.70. The van der Waals surface area contributed by atoms with Crippen LogP contribution in [0.5, 0.6) is 5.88 Å². The van der Waals surface area contributed by atoms with Crippen molar-refractivity contribution in [2.24, 2.45) is 0 Å². The first-order valence-electron chi connectivity index (χ1n) is 5.87. The van der Waals surface area contributed by atoms with E-state index < -0.39 is 0 Å². The monoisotopic (exact) mass is 221 g/mol. The number of nitrogens with zero attached hydrogens (tertiary/aromatic N) is 1. The molecular formula is C12H19N3O. The van der Waals surface area contributed by atoms with Gasteiger partial charge >= 0.3 is 0 Å². The molecule has 0 spiro atoms. The Morgan fingerprint density at radius 3 is 3.00 bits per heavy atom. The molecule has 0 aromatic carbocycles. The number of methoxy groups -OCH3 is 1. The number of rotatable bonds is 7. The van der Waals surface area contributed by atoms with Crippen molar-refractivity contribution in [3.8, 4) is 5.88 Å². The SMILES string of the molecule is COc1cccc(NCCCNC2CC2)n1. The summed E-state index contributed by atoms with van der Waals surface area (Å²) in [5, 5.41) is 6.76. The molecule has 2 N–H and O–H groups in total. The average molecular weight is 221 g/mol. The van der Waals surface area contributed by atoms with Crippen LogP contribution in [0.3, 0.4) is 0 Å². The van der Waals surface area contributed by atoms with Gasteiger partial charge < -0.3 is 15.4 Å². The summed E-state index contributed by atoms with van der Waals surface area (Å²) in [7, 11) is 1.63. The molecule has 1 heterocycles. The largest absolute Gasteiger partial charge is 0.481 e. The predicted octanol–water partition coefficient (Wildman–Crippen LogP) is 1.64. The molecule has 1 aliphatic rings. The van der Waals surface area contributed by atoms with E-state index in [1.165, 1.54) is 12.8 Å². The second-order valence-electron chi connectivity index (χ2n) is 4.07. The van der Waals surface area contributed by atoms with Gasteiger partial charge in [0.1, 0.15) is 5.82 Å². The Kier molecular flexibility index (Phi) is 3.99. The third kappa shape index (κ3) is 3.70. The van der Waals surface area contributed by atoms with Crippen LogP contribution in [-0.4, -0.2) is 31.2 Å². The fraction of sp³-hybridized carbons (Fsp3) is 0.583. The number of anilines is 1. The molecule has 88 valence electrons.